The van der Waals surface area contributed by atoms with E-state index in [0.29, 0.717) is 6.42 Å². The van der Waals surface area contributed by atoms with E-state index in [2.05, 4.69) is 29.2 Å². The maximum absolute atomic E-state index is 11.6. The van der Waals surface area contributed by atoms with Gasteiger partial charge in [0.05, 0.1) is 5.54 Å². The Morgan fingerprint density at radius 3 is 2.84 bits per heavy atom. The fraction of sp³-hybridized carbons (Fsp3) is 0.750. The summed E-state index contributed by atoms with van der Waals surface area (Å²) in [6, 6.07) is 0. The summed E-state index contributed by atoms with van der Waals surface area (Å²) in [5.41, 5.74) is 4.84. The molecule has 2 atom stereocenters. The van der Waals surface area contributed by atoms with Crippen LogP contribution in [0.5, 0.6) is 0 Å². The average molecular weight is 285 g/mol. The van der Waals surface area contributed by atoms with Crippen molar-refractivity contribution >= 4 is 17.7 Å². The summed E-state index contributed by atoms with van der Waals surface area (Å²) >= 11 is 1.60. The minimum atomic E-state index is -0.680. The summed E-state index contributed by atoms with van der Waals surface area (Å²) in [5.74, 6) is -0.314. The highest BCUT2D eigenvalue weighted by Crippen LogP contribution is 2.26. The largest absolute Gasteiger partial charge is 0.368 e. The predicted molar refractivity (Wildman–Crippen MR) is 76.8 cm³/mol. The van der Waals surface area contributed by atoms with E-state index in [4.69, 9.17) is 5.73 Å². The van der Waals surface area contributed by atoms with Gasteiger partial charge in [-0.05, 0) is 26.3 Å². The first-order valence-electron chi connectivity index (χ1n) is 6.44. The van der Waals surface area contributed by atoms with E-state index in [1.54, 1.807) is 16.4 Å². The SMILES string of the molecule is CCCNC(C)(CC(C)Sc1ncnn1C)C(N)=O. The minimum absolute atomic E-state index is 0.213. The Bertz CT molecular complexity index is 422. The number of thioether (sulfide) groups is 1. The van der Waals surface area contributed by atoms with Crippen molar-refractivity contribution in [2.24, 2.45) is 12.8 Å². The third-order valence-electron chi connectivity index (χ3n) is 2.98. The van der Waals surface area contributed by atoms with Gasteiger partial charge in [-0.25, -0.2) is 9.67 Å². The Morgan fingerprint density at radius 2 is 2.37 bits per heavy atom. The van der Waals surface area contributed by atoms with Crippen LogP contribution in [-0.2, 0) is 11.8 Å². The first kappa shape index (κ1) is 16.0. The smallest absolute Gasteiger partial charge is 0.237 e. The molecule has 1 heterocycles. The highest BCUT2D eigenvalue weighted by atomic mass is 32.2. The third-order valence-corrected chi connectivity index (χ3v) is 4.13. The average Bonchev–Trinajstić information content (AvgIpc) is 2.72. The molecule has 2 unspecified atom stereocenters. The number of carbonyl (C=O) groups is 1. The van der Waals surface area contributed by atoms with E-state index in [1.165, 1.54) is 6.33 Å². The van der Waals surface area contributed by atoms with Crippen molar-refractivity contribution in [1.29, 1.82) is 0 Å². The number of rotatable bonds is 8. The molecular formula is C12H23N5OS. The molecule has 0 aliphatic rings. The molecule has 19 heavy (non-hydrogen) atoms. The molecule has 0 bridgehead atoms. The number of aryl methyl sites for hydroxylation is 1. The molecule has 1 amide bonds. The molecule has 0 aliphatic heterocycles. The Kier molecular flexibility index (Phi) is 5.81. The summed E-state index contributed by atoms with van der Waals surface area (Å²) < 4.78 is 1.72. The van der Waals surface area contributed by atoms with Crippen LogP contribution >= 0.6 is 11.8 Å². The van der Waals surface area contributed by atoms with Crippen LogP contribution in [0.1, 0.15) is 33.6 Å². The minimum Gasteiger partial charge on any atom is -0.368 e. The van der Waals surface area contributed by atoms with Gasteiger partial charge in [-0.1, -0.05) is 25.6 Å². The Balaban J connectivity index is 2.63. The molecule has 0 spiro atoms. The number of nitrogens with two attached hydrogens (primary N) is 1. The van der Waals surface area contributed by atoms with Gasteiger partial charge in [0, 0.05) is 12.3 Å². The number of nitrogens with zero attached hydrogens (tertiary/aromatic N) is 3. The van der Waals surface area contributed by atoms with Crippen molar-refractivity contribution in [1.82, 2.24) is 20.1 Å². The van der Waals surface area contributed by atoms with Gasteiger partial charge < -0.3 is 11.1 Å². The molecule has 0 aliphatic carbocycles. The zero-order valence-corrected chi connectivity index (χ0v) is 12.8. The molecule has 7 heteroatoms. The molecule has 1 aromatic rings. The van der Waals surface area contributed by atoms with Crippen LogP contribution in [0.15, 0.2) is 11.5 Å². The molecule has 0 radical (unpaired) electrons. The van der Waals surface area contributed by atoms with Gasteiger partial charge in [-0.15, -0.1) is 0 Å². The maximum atomic E-state index is 11.6. The number of hydrogen-bond donors (Lipinski definition) is 2. The lowest BCUT2D eigenvalue weighted by molar-refractivity contribution is -0.124. The van der Waals surface area contributed by atoms with Gasteiger partial charge in [-0.3, -0.25) is 4.79 Å². The number of primary amides is 1. The number of hydrogen-bond acceptors (Lipinski definition) is 5. The van der Waals surface area contributed by atoms with Crippen LogP contribution in [0, 0.1) is 0 Å². The first-order chi connectivity index (χ1) is 8.89. The highest BCUT2D eigenvalue weighted by Gasteiger charge is 2.32. The second-order valence-electron chi connectivity index (χ2n) is 4.92. The van der Waals surface area contributed by atoms with Crippen LogP contribution in [0.25, 0.3) is 0 Å². The fourth-order valence-corrected chi connectivity index (χ4v) is 2.93. The van der Waals surface area contributed by atoms with Crippen LogP contribution in [0.3, 0.4) is 0 Å². The van der Waals surface area contributed by atoms with Gasteiger partial charge in [0.2, 0.25) is 5.91 Å². The number of amides is 1. The standard InChI is InChI=1S/C12H23N5OS/c1-5-6-15-12(3,10(13)18)7-9(2)19-11-14-8-16-17(11)4/h8-9,15H,5-7H2,1-4H3,(H2,13,18). The Morgan fingerprint density at radius 1 is 1.68 bits per heavy atom. The molecule has 3 N–H and O–H groups in total. The van der Waals surface area contributed by atoms with E-state index in [9.17, 15) is 4.79 Å². The lowest BCUT2D eigenvalue weighted by atomic mass is 9.95. The van der Waals surface area contributed by atoms with Crippen molar-refractivity contribution in [2.45, 2.75) is 49.6 Å². The van der Waals surface area contributed by atoms with Crippen LogP contribution in [-0.4, -0.2) is 38.0 Å². The van der Waals surface area contributed by atoms with E-state index >= 15 is 0 Å². The van der Waals surface area contributed by atoms with Crippen LogP contribution in [0.4, 0.5) is 0 Å². The van der Waals surface area contributed by atoms with Crippen molar-refractivity contribution < 1.29 is 4.79 Å². The highest BCUT2D eigenvalue weighted by molar-refractivity contribution is 7.99. The van der Waals surface area contributed by atoms with E-state index in [1.807, 2.05) is 14.0 Å². The number of aromatic nitrogens is 3. The molecule has 1 aromatic heterocycles. The Labute approximate surface area is 118 Å². The van der Waals surface area contributed by atoms with Crippen molar-refractivity contribution in [2.75, 3.05) is 6.54 Å². The van der Waals surface area contributed by atoms with Crippen molar-refractivity contribution in [3.63, 3.8) is 0 Å². The lowest BCUT2D eigenvalue weighted by Gasteiger charge is -2.29. The van der Waals surface area contributed by atoms with Crippen LogP contribution < -0.4 is 11.1 Å². The summed E-state index contributed by atoms with van der Waals surface area (Å²) in [7, 11) is 1.85. The molecule has 0 saturated carbocycles. The quantitative estimate of drug-likeness (QED) is 0.694. The molecule has 0 saturated heterocycles. The normalized spacial score (nSPS) is 16.0. The molecule has 0 fully saturated rings. The number of carbonyl (C=O) groups excluding carboxylic acids is 1. The Hall–Kier alpha value is -1.08. The fourth-order valence-electron chi connectivity index (χ4n) is 1.85. The van der Waals surface area contributed by atoms with Gasteiger partial charge in [0.1, 0.15) is 6.33 Å². The third kappa shape index (κ3) is 4.50. The summed E-state index contributed by atoms with van der Waals surface area (Å²) in [6.07, 6.45) is 3.14. The van der Waals surface area contributed by atoms with Gasteiger partial charge in [-0.2, -0.15) is 5.10 Å². The van der Waals surface area contributed by atoms with E-state index in [-0.39, 0.29) is 11.2 Å². The molecular weight excluding hydrogens is 262 g/mol. The van der Waals surface area contributed by atoms with E-state index < -0.39 is 5.54 Å². The molecule has 108 valence electrons. The second kappa shape index (κ2) is 6.91. The molecule has 0 aromatic carbocycles. The number of nitrogens with one attached hydrogen (secondary N) is 1. The maximum Gasteiger partial charge on any atom is 0.237 e. The second-order valence-corrected chi connectivity index (χ2v) is 6.33. The van der Waals surface area contributed by atoms with Gasteiger partial charge in [0.15, 0.2) is 5.16 Å². The zero-order valence-electron chi connectivity index (χ0n) is 12.0. The van der Waals surface area contributed by atoms with Crippen LogP contribution in [0.2, 0.25) is 0 Å². The first-order valence-corrected chi connectivity index (χ1v) is 7.32. The summed E-state index contributed by atoms with van der Waals surface area (Å²) in [6.45, 7) is 6.76. The van der Waals surface area contributed by atoms with Crippen molar-refractivity contribution in [3.8, 4) is 0 Å². The summed E-state index contributed by atoms with van der Waals surface area (Å²) in [5, 5.41) is 8.32. The topological polar surface area (TPSA) is 85.8 Å². The predicted octanol–water partition coefficient (Wildman–Crippen LogP) is 0.929. The van der Waals surface area contributed by atoms with Crippen molar-refractivity contribution in [3.05, 3.63) is 6.33 Å². The summed E-state index contributed by atoms with van der Waals surface area (Å²) in [4.78, 5) is 15.8. The molecule has 6 nitrogen and oxygen atoms in total. The monoisotopic (exact) mass is 285 g/mol. The van der Waals surface area contributed by atoms with E-state index in [0.717, 1.165) is 18.1 Å². The van der Waals surface area contributed by atoms with Gasteiger partial charge in [0.25, 0.3) is 0 Å². The lowest BCUT2D eigenvalue weighted by Crippen LogP contribution is -2.54. The molecule has 1 rings (SSSR count). The zero-order chi connectivity index (χ0) is 14.5. The van der Waals surface area contributed by atoms with Gasteiger partial charge >= 0.3 is 0 Å².